The van der Waals surface area contributed by atoms with Gasteiger partial charge in [-0.1, -0.05) is 49.4 Å². The Kier molecular flexibility index (Phi) is 4.25. The number of carbonyl (C=O) groups excluding carboxylic acids is 1. The van der Waals surface area contributed by atoms with Crippen LogP contribution in [0, 0.1) is 5.92 Å². The van der Waals surface area contributed by atoms with Gasteiger partial charge in [-0.25, -0.2) is 0 Å². The van der Waals surface area contributed by atoms with Gasteiger partial charge in [-0.15, -0.1) is 0 Å². The van der Waals surface area contributed by atoms with E-state index in [-0.39, 0.29) is 11.7 Å². The van der Waals surface area contributed by atoms with Gasteiger partial charge in [0.05, 0.1) is 6.10 Å². The summed E-state index contributed by atoms with van der Waals surface area (Å²) in [7, 11) is 0. The predicted molar refractivity (Wildman–Crippen MR) is 61.3 cm³/mol. The van der Waals surface area contributed by atoms with Crippen molar-refractivity contribution in [2.24, 2.45) is 5.92 Å². The van der Waals surface area contributed by atoms with Gasteiger partial charge in [0.1, 0.15) is 5.78 Å². The lowest BCUT2D eigenvalue weighted by molar-refractivity contribution is -0.122. The minimum absolute atomic E-state index is 0.000196. The first-order chi connectivity index (χ1) is 7.11. The van der Waals surface area contributed by atoms with Crippen LogP contribution in [0.4, 0.5) is 0 Å². The van der Waals surface area contributed by atoms with E-state index >= 15 is 0 Å². The third kappa shape index (κ3) is 3.68. The van der Waals surface area contributed by atoms with Gasteiger partial charge < -0.3 is 5.11 Å². The molecule has 1 aromatic rings. The number of rotatable bonds is 4. The van der Waals surface area contributed by atoms with Crippen molar-refractivity contribution in [3.63, 3.8) is 0 Å². The molecule has 0 saturated heterocycles. The molecule has 80 valence electrons. The van der Waals surface area contributed by atoms with Gasteiger partial charge in [0.2, 0.25) is 0 Å². The summed E-state index contributed by atoms with van der Waals surface area (Å²) in [4.78, 5) is 11.0. The van der Waals surface area contributed by atoms with Crippen molar-refractivity contribution in [1.29, 1.82) is 0 Å². The first-order valence-electron chi connectivity index (χ1n) is 5.03. The van der Waals surface area contributed by atoms with Crippen LogP contribution in [0.5, 0.6) is 0 Å². The summed E-state index contributed by atoms with van der Waals surface area (Å²) in [6.07, 6.45) is 2.77. The van der Waals surface area contributed by atoms with Crippen molar-refractivity contribution in [3.05, 3.63) is 42.0 Å². The minimum atomic E-state index is -0.706. The maximum atomic E-state index is 11.0. The molecule has 1 N–H and O–H groups in total. The highest BCUT2D eigenvalue weighted by atomic mass is 16.3. The molecule has 0 bridgehead atoms. The number of aliphatic hydroxyl groups is 1. The normalized spacial score (nSPS) is 15.1. The summed E-state index contributed by atoms with van der Waals surface area (Å²) in [5.74, 6) is -0.342. The molecular formula is C13H16O2. The molecule has 0 heterocycles. The fourth-order valence-corrected chi connectivity index (χ4v) is 1.18. The minimum Gasteiger partial charge on any atom is -0.388 e. The van der Waals surface area contributed by atoms with Gasteiger partial charge in [0.25, 0.3) is 0 Å². The van der Waals surface area contributed by atoms with E-state index in [1.165, 1.54) is 6.92 Å². The molecule has 0 saturated carbocycles. The highest BCUT2D eigenvalue weighted by molar-refractivity contribution is 5.78. The third-order valence-electron chi connectivity index (χ3n) is 2.44. The highest BCUT2D eigenvalue weighted by Crippen LogP contribution is 2.08. The van der Waals surface area contributed by atoms with Crippen molar-refractivity contribution in [1.82, 2.24) is 0 Å². The zero-order chi connectivity index (χ0) is 11.3. The molecule has 0 amide bonds. The molecular weight excluding hydrogens is 188 g/mol. The molecule has 15 heavy (non-hydrogen) atoms. The second kappa shape index (κ2) is 5.47. The van der Waals surface area contributed by atoms with Crippen LogP contribution in [0.2, 0.25) is 0 Å². The van der Waals surface area contributed by atoms with Crippen LogP contribution in [0.15, 0.2) is 36.4 Å². The Morgan fingerprint density at radius 3 is 2.47 bits per heavy atom. The van der Waals surface area contributed by atoms with Crippen LogP contribution in [0.25, 0.3) is 6.08 Å². The van der Waals surface area contributed by atoms with E-state index in [4.69, 9.17) is 0 Å². The third-order valence-corrected chi connectivity index (χ3v) is 2.44. The highest BCUT2D eigenvalue weighted by Gasteiger charge is 2.14. The van der Waals surface area contributed by atoms with Crippen LogP contribution in [-0.4, -0.2) is 17.0 Å². The van der Waals surface area contributed by atoms with Gasteiger partial charge in [-0.2, -0.15) is 0 Å². The largest absolute Gasteiger partial charge is 0.388 e. The molecule has 0 fully saturated rings. The Bertz CT molecular complexity index is 341. The lowest BCUT2D eigenvalue weighted by Gasteiger charge is -2.11. The zero-order valence-corrected chi connectivity index (χ0v) is 9.05. The number of benzene rings is 1. The number of Topliss-reactive ketones (excluding diaryl/α,β-unsaturated/α-hetero) is 1. The van der Waals surface area contributed by atoms with E-state index in [9.17, 15) is 9.90 Å². The maximum absolute atomic E-state index is 11.0. The van der Waals surface area contributed by atoms with E-state index in [0.29, 0.717) is 0 Å². The van der Waals surface area contributed by atoms with Crippen LogP contribution >= 0.6 is 0 Å². The van der Waals surface area contributed by atoms with Crippen LogP contribution in [0.1, 0.15) is 19.4 Å². The molecule has 2 heteroatoms. The lowest BCUT2D eigenvalue weighted by atomic mass is 10.00. The topological polar surface area (TPSA) is 37.3 Å². The molecule has 0 spiro atoms. The van der Waals surface area contributed by atoms with Gasteiger partial charge in [-0.3, -0.25) is 4.79 Å². The van der Waals surface area contributed by atoms with E-state index in [1.54, 1.807) is 13.0 Å². The van der Waals surface area contributed by atoms with Gasteiger partial charge in [-0.05, 0) is 12.5 Å². The van der Waals surface area contributed by atoms with Crippen LogP contribution in [0.3, 0.4) is 0 Å². The van der Waals surface area contributed by atoms with Crippen molar-refractivity contribution in [2.45, 2.75) is 20.0 Å². The van der Waals surface area contributed by atoms with E-state index < -0.39 is 6.10 Å². The Hall–Kier alpha value is -1.41. The Labute approximate surface area is 90.3 Å². The van der Waals surface area contributed by atoms with Crippen molar-refractivity contribution in [2.75, 3.05) is 0 Å². The first-order valence-corrected chi connectivity index (χ1v) is 5.03. The maximum Gasteiger partial charge on any atom is 0.135 e. The van der Waals surface area contributed by atoms with Crippen LogP contribution in [-0.2, 0) is 4.79 Å². The van der Waals surface area contributed by atoms with Crippen LogP contribution < -0.4 is 0 Å². The van der Waals surface area contributed by atoms with Crippen molar-refractivity contribution in [3.8, 4) is 0 Å². The second-order valence-electron chi connectivity index (χ2n) is 3.66. The molecule has 1 aromatic carbocycles. The summed E-state index contributed by atoms with van der Waals surface area (Å²) >= 11 is 0. The number of aliphatic hydroxyl groups excluding tert-OH is 1. The van der Waals surface area contributed by atoms with Gasteiger partial charge >= 0.3 is 0 Å². The van der Waals surface area contributed by atoms with Crippen molar-refractivity contribution < 1.29 is 9.90 Å². The lowest BCUT2D eigenvalue weighted by Crippen LogP contribution is -2.21. The monoisotopic (exact) mass is 204 g/mol. The summed E-state index contributed by atoms with van der Waals surface area (Å²) in [6, 6.07) is 9.69. The smallest absolute Gasteiger partial charge is 0.135 e. The van der Waals surface area contributed by atoms with Crippen molar-refractivity contribution >= 4 is 11.9 Å². The molecule has 0 aromatic heterocycles. The molecule has 1 rings (SSSR count). The number of ketones is 1. The molecule has 2 atom stereocenters. The number of hydrogen-bond donors (Lipinski definition) is 1. The fraction of sp³-hybridized carbons (Fsp3) is 0.308. The van der Waals surface area contributed by atoms with E-state index in [2.05, 4.69) is 0 Å². The Morgan fingerprint density at radius 1 is 1.33 bits per heavy atom. The standard InChI is InChI=1S/C13H16O2/c1-10(11(2)14)13(15)9-8-12-6-4-3-5-7-12/h3-10,13,15H,1-2H3/b9-8+/t10-,13+/m0/s1. The molecule has 2 nitrogen and oxygen atoms in total. The summed E-state index contributed by atoms with van der Waals surface area (Å²) < 4.78 is 0. The second-order valence-corrected chi connectivity index (χ2v) is 3.66. The first kappa shape index (κ1) is 11.7. The fourth-order valence-electron chi connectivity index (χ4n) is 1.18. The molecule has 0 aliphatic heterocycles. The average molecular weight is 204 g/mol. The van der Waals surface area contributed by atoms with Gasteiger partial charge in [0.15, 0.2) is 0 Å². The molecule has 0 unspecified atom stereocenters. The SMILES string of the molecule is CC(=O)[C@H](C)[C@H](O)/C=C/c1ccccc1. The Morgan fingerprint density at radius 2 is 1.93 bits per heavy atom. The zero-order valence-electron chi connectivity index (χ0n) is 9.05. The average Bonchev–Trinajstić information content (AvgIpc) is 2.26. The number of hydrogen-bond acceptors (Lipinski definition) is 2. The summed E-state index contributed by atoms with van der Waals surface area (Å²) in [5.41, 5.74) is 1.02. The number of carbonyl (C=O) groups is 1. The van der Waals surface area contributed by atoms with E-state index in [0.717, 1.165) is 5.56 Å². The Balaban J connectivity index is 2.62. The molecule has 0 aliphatic carbocycles. The predicted octanol–water partition coefficient (Wildman–Crippen LogP) is 2.29. The molecule has 0 aliphatic rings. The quantitative estimate of drug-likeness (QED) is 0.817. The summed E-state index contributed by atoms with van der Waals surface area (Å²) in [5, 5.41) is 9.64. The summed E-state index contributed by atoms with van der Waals surface area (Å²) in [6.45, 7) is 3.21. The van der Waals surface area contributed by atoms with E-state index in [1.807, 2.05) is 36.4 Å². The van der Waals surface area contributed by atoms with Gasteiger partial charge in [0, 0.05) is 5.92 Å². The molecule has 0 radical (unpaired) electrons.